The van der Waals surface area contributed by atoms with E-state index in [1.165, 1.54) is 6.40 Å². The van der Waals surface area contributed by atoms with Gasteiger partial charge in [0, 0.05) is 5.75 Å². The van der Waals surface area contributed by atoms with Crippen molar-refractivity contribution >= 4 is 18.2 Å². The number of aliphatic hydroxyl groups is 1. The summed E-state index contributed by atoms with van der Waals surface area (Å²) < 4.78 is 4.43. The summed E-state index contributed by atoms with van der Waals surface area (Å²) in [7, 11) is 0. The molecule has 0 rings (SSSR count). The third-order valence-corrected chi connectivity index (χ3v) is 1.24. The highest BCUT2D eigenvalue weighted by atomic mass is 32.2. The van der Waals surface area contributed by atoms with Crippen molar-refractivity contribution in [3.8, 4) is 0 Å². The minimum absolute atomic E-state index is 0.289. The molecule has 1 N–H and O–H groups in total. The second kappa shape index (κ2) is 7.78. The Bertz CT molecular complexity index is 77.4. The summed E-state index contributed by atoms with van der Waals surface area (Å²) in [6, 6.07) is 0. The van der Waals surface area contributed by atoms with Crippen LogP contribution in [0.25, 0.3) is 0 Å². The normalized spacial score (nSPS) is 10.4. The summed E-state index contributed by atoms with van der Waals surface area (Å²) in [5, 5.41) is 8.10. The highest BCUT2D eigenvalue weighted by molar-refractivity contribution is 7.98. The molecule has 0 spiro atoms. The minimum Gasteiger partial charge on any atom is -0.458 e. The largest absolute Gasteiger partial charge is 0.458 e. The quantitative estimate of drug-likeness (QED) is 0.265. The van der Waals surface area contributed by atoms with Gasteiger partial charge in [-0.25, -0.2) is 0 Å². The Labute approximate surface area is 59.1 Å². The Morgan fingerprint density at radius 3 is 3.11 bits per heavy atom. The van der Waals surface area contributed by atoms with E-state index in [9.17, 15) is 0 Å². The molecule has 0 atom stereocenters. The molecule has 0 aliphatic heterocycles. The highest BCUT2D eigenvalue weighted by Gasteiger charge is 1.76. The lowest BCUT2D eigenvalue weighted by molar-refractivity contribution is 0.0948. The Hall–Kier alpha value is -0.220. The molecular weight excluding hydrogens is 138 g/mol. The van der Waals surface area contributed by atoms with Gasteiger partial charge in [-0.05, 0) is 6.26 Å². The molecule has 0 aromatic heterocycles. The van der Waals surface area contributed by atoms with Crippen LogP contribution in [0.1, 0.15) is 0 Å². The second-order valence-electron chi connectivity index (χ2n) is 1.30. The molecule has 0 amide bonds. The topological polar surface area (TPSA) is 41.8 Å². The van der Waals surface area contributed by atoms with Crippen LogP contribution in [0.2, 0.25) is 0 Å². The van der Waals surface area contributed by atoms with Gasteiger partial charge in [0.25, 0.3) is 0 Å². The van der Waals surface area contributed by atoms with Gasteiger partial charge in [0.2, 0.25) is 0 Å². The average molecular weight is 149 g/mol. The van der Waals surface area contributed by atoms with Gasteiger partial charge in [-0.3, -0.25) is 4.99 Å². The van der Waals surface area contributed by atoms with Gasteiger partial charge in [0.1, 0.15) is 0 Å². The maximum Gasteiger partial charge on any atom is 0.187 e. The first-order chi connectivity index (χ1) is 4.41. The maximum absolute atomic E-state index is 8.10. The van der Waals surface area contributed by atoms with Crippen molar-refractivity contribution in [2.75, 3.05) is 25.3 Å². The number of nitrogens with zero attached hydrogens (tertiary/aromatic N) is 1. The zero-order valence-electron chi connectivity index (χ0n) is 5.41. The molecule has 0 fully saturated rings. The van der Waals surface area contributed by atoms with Gasteiger partial charge in [-0.15, -0.1) is 0 Å². The Morgan fingerprint density at radius 2 is 2.56 bits per heavy atom. The van der Waals surface area contributed by atoms with E-state index in [-0.39, 0.29) is 6.79 Å². The number of thioether (sulfide) groups is 1. The standard InChI is InChI=1S/C5H11NO2S/c1-9-3-2-6-4-8-5-7/h4,7H,2-3,5H2,1H3/b6-4+. The van der Waals surface area contributed by atoms with E-state index in [2.05, 4.69) is 9.73 Å². The minimum atomic E-state index is -0.289. The van der Waals surface area contributed by atoms with Crippen LogP contribution >= 0.6 is 11.8 Å². The number of aliphatic hydroxyl groups excluding tert-OH is 1. The first-order valence-corrected chi connectivity index (χ1v) is 4.01. The SMILES string of the molecule is CSCC/N=C/OCO. The van der Waals surface area contributed by atoms with Crippen LogP contribution in [0.3, 0.4) is 0 Å². The Kier molecular flexibility index (Phi) is 7.59. The van der Waals surface area contributed by atoms with Crippen molar-refractivity contribution < 1.29 is 9.84 Å². The average Bonchev–Trinajstić information content (AvgIpc) is 1.89. The predicted molar refractivity (Wildman–Crippen MR) is 39.9 cm³/mol. The first kappa shape index (κ1) is 8.78. The summed E-state index contributed by atoms with van der Waals surface area (Å²) in [5.41, 5.74) is 0. The third-order valence-electron chi connectivity index (χ3n) is 0.648. The number of rotatable bonds is 5. The first-order valence-electron chi connectivity index (χ1n) is 2.61. The maximum atomic E-state index is 8.10. The summed E-state index contributed by atoms with van der Waals surface area (Å²) in [6.07, 6.45) is 3.29. The van der Waals surface area contributed by atoms with E-state index in [0.717, 1.165) is 12.3 Å². The van der Waals surface area contributed by atoms with Crippen LogP contribution in [-0.2, 0) is 4.74 Å². The van der Waals surface area contributed by atoms with Crippen molar-refractivity contribution in [1.82, 2.24) is 0 Å². The van der Waals surface area contributed by atoms with Gasteiger partial charge in [0.05, 0.1) is 6.54 Å². The highest BCUT2D eigenvalue weighted by Crippen LogP contribution is 1.88. The molecule has 0 aliphatic carbocycles. The van der Waals surface area contributed by atoms with Gasteiger partial charge in [-0.1, -0.05) is 0 Å². The monoisotopic (exact) mass is 149 g/mol. The van der Waals surface area contributed by atoms with Crippen LogP contribution in [0.15, 0.2) is 4.99 Å². The van der Waals surface area contributed by atoms with E-state index in [1.54, 1.807) is 11.8 Å². The van der Waals surface area contributed by atoms with Gasteiger partial charge >= 0.3 is 0 Å². The van der Waals surface area contributed by atoms with Gasteiger partial charge in [-0.2, -0.15) is 11.8 Å². The lowest BCUT2D eigenvalue weighted by Crippen LogP contribution is -1.91. The molecule has 0 aromatic rings. The predicted octanol–water partition coefficient (Wildman–Crippen LogP) is 0.344. The van der Waals surface area contributed by atoms with Crippen LogP contribution < -0.4 is 0 Å². The molecule has 9 heavy (non-hydrogen) atoms. The van der Waals surface area contributed by atoms with E-state index in [1.807, 2.05) is 6.26 Å². The zero-order valence-corrected chi connectivity index (χ0v) is 6.23. The summed E-state index contributed by atoms with van der Waals surface area (Å²) in [4.78, 5) is 3.82. The smallest absolute Gasteiger partial charge is 0.187 e. The van der Waals surface area contributed by atoms with Crippen molar-refractivity contribution in [2.24, 2.45) is 4.99 Å². The van der Waals surface area contributed by atoms with E-state index in [4.69, 9.17) is 5.11 Å². The van der Waals surface area contributed by atoms with Gasteiger partial charge in [0.15, 0.2) is 13.2 Å². The fourth-order valence-corrected chi connectivity index (χ4v) is 0.571. The molecule has 0 aromatic carbocycles. The fourth-order valence-electron chi connectivity index (χ4n) is 0.283. The molecular formula is C5H11NO2S. The molecule has 0 radical (unpaired) electrons. The van der Waals surface area contributed by atoms with E-state index < -0.39 is 0 Å². The van der Waals surface area contributed by atoms with Crippen molar-refractivity contribution in [2.45, 2.75) is 0 Å². The molecule has 0 saturated carbocycles. The van der Waals surface area contributed by atoms with Crippen LogP contribution in [0, 0.1) is 0 Å². The zero-order chi connectivity index (χ0) is 6.95. The summed E-state index contributed by atoms with van der Waals surface area (Å²) in [6.45, 7) is 0.462. The number of aliphatic imine (C=N–C) groups is 1. The number of hydrogen-bond acceptors (Lipinski definition) is 4. The molecule has 0 heterocycles. The van der Waals surface area contributed by atoms with Crippen LogP contribution in [-0.4, -0.2) is 36.9 Å². The molecule has 3 nitrogen and oxygen atoms in total. The molecule has 0 bridgehead atoms. The second-order valence-corrected chi connectivity index (χ2v) is 2.29. The van der Waals surface area contributed by atoms with Crippen LogP contribution in [0.5, 0.6) is 0 Å². The van der Waals surface area contributed by atoms with Crippen molar-refractivity contribution in [3.63, 3.8) is 0 Å². The fraction of sp³-hybridized carbons (Fsp3) is 0.800. The lowest BCUT2D eigenvalue weighted by atomic mass is 10.8. The molecule has 54 valence electrons. The molecule has 0 unspecified atom stereocenters. The Morgan fingerprint density at radius 1 is 1.78 bits per heavy atom. The van der Waals surface area contributed by atoms with Gasteiger partial charge < -0.3 is 9.84 Å². The third kappa shape index (κ3) is 7.78. The number of ether oxygens (including phenoxy) is 1. The number of hydrogen-bond donors (Lipinski definition) is 1. The van der Waals surface area contributed by atoms with Crippen molar-refractivity contribution in [1.29, 1.82) is 0 Å². The van der Waals surface area contributed by atoms with Crippen molar-refractivity contribution in [3.05, 3.63) is 0 Å². The molecule has 0 aliphatic rings. The summed E-state index contributed by atoms with van der Waals surface area (Å²) >= 11 is 1.73. The van der Waals surface area contributed by atoms with Crippen LogP contribution in [0.4, 0.5) is 0 Å². The molecule has 4 heteroatoms. The molecule has 0 saturated heterocycles. The van der Waals surface area contributed by atoms with E-state index in [0.29, 0.717) is 0 Å². The Balaban J connectivity index is 2.86. The summed E-state index contributed by atoms with van der Waals surface area (Å²) in [5.74, 6) is 0.991. The lowest BCUT2D eigenvalue weighted by Gasteiger charge is -1.90. The van der Waals surface area contributed by atoms with E-state index >= 15 is 0 Å².